The molecular formula is C31H32N4O6S. The van der Waals surface area contributed by atoms with Gasteiger partial charge in [0.05, 0.1) is 23.3 Å². The number of carboxylic acid groups (broad SMARTS) is 1. The van der Waals surface area contributed by atoms with Gasteiger partial charge >= 0.3 is 5.97 Å². The molecule has 0 fully saturated rings. The number of nitrogens with zero attached hydrogens (tertiary/aromatic N) is 2. The zero-order valence-electron chi connectivity index (χ0n) is 23.0. The molecule has 0 saturated carbocycles. The highest BCUT2D eigenvalue weighted by Gasteiger charge is 2.27. The van der Waals surface area contributed by atoms with Crippen LogP contribution < -0.4 is 9.46 Å². The Morgan fingerprint density at radius 1 is 0.976 bits per heavy atom. The SMILES string of the molecule is CCC(C(=N)C(=O)Cc1ccc(COc2ccccc2)cc1)c1cnn(CC(NS(=O)(=O)c2ccccc2)C(=O)O)c1. The van der Waals surface area contributed by atoms with E-state index in [1.165, 1.54) is 23.0 Å². The fourth-order valence-corrected chi connectivity index (χ4v) is 5.59. The largest absolute Gasteiger partial charge is 0.489 e. The molecular weight excluding hydrogens is 556 g/mol. The molecule has 1 heterocycles. The van der Waals surface area contributed by atoms with Gasteiger partial charge in [0.2, 0.25) is 10.0 Å². The van der Waals surface area contributed by atoms with E-state index in [0.29, 0.717) is 18.6 Å². The van der Waals surface area contributed by atoms with E-state index in [1.54, 1.807) is 24.4 Å². The molecule has 0 aliphatic carbocycles. The first-order valence-corrected chi connectivity index (χ1v) is 14.8. The van der Waals surface area contributed by atoms with Crippen LogP contribution in [-0.2, 0) is 39.2 Å². The topological polar surface area (TPSA) is 151 Å². The Morgan fingerprint density at radius 2 is 1.60 bits per heavy atom. The van der Waals surface area contributed by atoms with E-state index in [0.717, 1.165) is 16.9 Å². The van der Waals surface area contributed by atoms with E-state index in [2.05, 4.69) is 9.82 Å². The minimum atomic E-state index is -4.07. The Hall–Kier alpha value is -4.61. The van der Waals surface area contributed by atoms with Gasteiger partial charge in [-0.05, 0) is 47.4 Å². The van der Waals surface area contributed by atoms with Crippen molar-refractivity contribution in [3.63, 3.8) is 0 Å². The van der Waals surface area contributed by atoms with E-state index in [-0.39, 0.29) is 29.4 Å². The maximum atomic E-state index is 13.0. The highest BCUT2D eigenvalue weighted by molar-refractivity contribution is 7.89. The Bertz CT molecular complexity index is 1620. The number of carbonyl (C=O) groups is 2. The Morgan fingerprint density at radius 3 is 2.21 bits per heavy atom. The predicted molar refractivity (Wildman–Crippen MR) is 157 cm³/mol. The summed E-state index contributed by atoms with van der Waals surface area (Å²) in [7, 11) is -4.07. The number of hydrogen-bond acceptors (Lipinski definition) is 7. The third-order valence-corrected chi connectivity index (χ3v) is 8.16. The van der Waals surface area contributed by atoms with Crippen LogP contribution in [0.5, 0.6) is 5.75 Å². The molecule has 0 saturated heterocycles. The molecule has 2 atom stereocenters. The van der Waals surface area contributed by atoms with Crippen molar-refractivity contribution in [1.82, 2.24) is 14.5 Å². The molecule has 3 aromatic carbocycles. The first kappa shape index (κ1) is 30.4. The summed E-state index contributed by atoms with van der Waals surface area (Å²) in [5.41, 5.74) is 2.22. The molecule has 0 aliphatic rings. The molecule has 0 aliphatic heterocycles. The number of aromatic nitrogens is 2. The summed E-state index contributed by atoms with van der Waals surface area (Å²) in [6.07, 6.45) is 3.53. The number of Topliss-reactive ketones (excluding diaryl/α,β-unsaturated/α-hetero) is 1. The Balaban J connectivity index is 1.36. The number of ether oxygens (including phenoxy) is 1. The van der Waals surface area contributed by atoms with Crippen LogP contribution in [0.4, 0.5) is 0 Å². The number of aliphatic carboxylic acids is 1. The van der Waals surface area contributed by atoms with E-state index in [4.69, 9.17) is 10.1 Å². The predicted octanol–water partition coefficient (Wildman–Crippen LogP) is 4.22. The third kappa shape index (κ3) is 7.99. The van der Waals surface area contributed by atoms with Gasteiger partial charge in [0, 0.05) is 18.5 Å². The average molecular weight is 589 g/mol. The second kappa shape index (κ2) is 13.8. The van der Waals surface area contributed by atoms with Crippen molar-refractivity contribution in [3.05, 3.63) is 114 Å². The van der Waals surface area contributed by atoms with Crippen LogP contribution >= 0.6 is 0 Å². The van der Waals surface area contributed by atoms with Crippen molar-refractivity contribution < 1.29 is 27.9 Å². The molecule has 0 amide bonds. The van der Waals surface area contributed by atoms with Gasteiger partial charge in [0.15, 0.2) is 5.78 Å². The first-order chi connectivity index (χ1) is 20.2. The van der Waals surface area contributed by atoms with Crippen molar-refractivity contribution >= 4 is 27.5 Å². The van der Waals surface area contributed by atoms with Gasteiger partial charge in [-0.1, -0.05) is 67.6 Å². The molecule has 10 nitrogen and oxygen atoms in total. The van der Waals surface area contributed by atoms with Gasteiger partial charge in [-0.2, -0.15) is 9.82 Å². The first-order valence-electron chi connectivity index (χ1n) is 13.4. The molecule has 1 aromatic heterocycles. The fraction of sp³-hybridized carbons (Fsp3) is 0.226. The van der Waals surface area contributed by atoms with E-state index >= 15 is 0 Å². The number of rotatable bonds is 15. The Labute approximate surface area is 244 Å². The van der Waals surface area contributed by atoms with Crippen LogP contribution in [0.1, 0.15) is 36.0 Å². The summed E-state index contributed by atoms with van der Waals surface area (Å²) in [5.74, 6) is -1.47. The smallest absolute Gasteiger partial charge is 0.323 e. The number of carbonyl (C=O) groups excluding carboxylic acids is 1. The summed E-state index contributed by atoms with van der Waals surface area (Å²) in [6.45, 7) is 1.96. The van der Waals surface area contributed by atoms with Crippen LogP contribution in [-0.4, -0.2) is 46.8 Å². The molecule has 0 radical (unpaired) electrons. The summed E-state index contributed by atoms with van der Waals surface area (Å²) in [6, 6.07) is 23.0. The standard InChI is InChI=1S/C31H32N4O6S/c1-2-27(30(32)29(36)17-22-13-15-23(16-14-22)21-41-25-9-5-3-6-10-25)24-18-33-35(19-24)20-28(31(37)38)34-42(39,40)26-11-7-4-8-12-26/h3-16,18-19,27-28,32,34H,2,17,20-21H2,1H3,(H,37,38). The molecule has 0 bridgehead atoms. The highest BCUT2D eigenvalue weighted by Crippen LogP contribution is 2.22. The van der Waals surface area contributed by atoms with Crippen molar-refractivity contribution in [1.29, 1.82) is 5.41 Å². The number of sulfonamides is 1. The molecule has 2 unspecified atom stereocenters. The molecule has 4 rings (SSSR count). The minimum absolute atomic E-state index is 0.0504. The molecule has 218 valence electrons. The zero-order chi connectivity index (χ0) is 30.1. The number of hydrogen-bond donors (Lipinski definition) is 3. The molecule has 0 spiro atoms. The van der Waals surface area contributed by atoms with Crippen molar-refractivity contribution in [2.75, 3.05) is 0 Å². The van der Waals surface area contributed by atoms with Crippen LogP contribution in [0.25, 0.3) is 0 Å². The lowest BCUT2D eigenvalue weighted by Crippen LogP contribution is -2.43. The zero-order valence-corrected chi connectivity index (χ0v) is 23.8. The quantitative estimate of drug-likeness (QED) is 0.176. The monoisotopic (exact) mass is 588 g/mol. The second-order valence-corrected chi connectivity index (χ2v) is 11.4. The summed E-state index contributed by atoms with van der Waals surface area (Å²) in [5, 5.41) is 22.4. The third-order valence-electron chi connectivity index (χ3n) is 6.67. The van der Waals surface area contributed by atoms with E-state index < -0.39 is 28.0 Å². The van der Waals surface area contributed by atoms with Gasteiger partial charge in [-0.15, -0.1) is 0 Å². The van der Waals surface area contributed by atoms with Gasteiger partial charge in [0.25, 0.3) is 0 Å². The highest BCUT2D eigenvalue weighted by atomic mass is 32.2. The minimum Gasteiger partial charge on any atom is -0.489 e. The maximum Gasteiger partial charge on any atom is 0.323 e. The summed E-state index contributed by atoms with van der Waals surface area (Å²) >= 11 is 0. The van der Waals surface area contributed by atoms with Crippen molar-refractivity contribution in [3.8, 4) is 5.75 Å². The second-order valence-electron chi connectivity index (χ2n) is 9.71. The van der Waals surface area contributed by atoms with Crippen LogP contribution in [0.15, 0.2) is 102 Å². The lowest BCUT2D eigenvalue weighted by molar-refractivity contribution is -0.139. The number of benzene rings is 3. The lowest BCUT2D eigenvalue weighted by Gasteiger charge is -2.16. The molecule has 42 heavy (non-hydrogen) atoms. The van der Waals surface area contributed by atoms with E-state index in [9.17, 15) is 23.1 Å². The van der Waals surface area contributed by atoms with Gasteiger partial charge in [-0.3, -0.25) is 14.3 Å². The number of ketones is 1. The molecule has 4 aromatic rings. The number of carboxylic acids is 1. The summed E-state index contributed by atoms with van der Waals surface area (Å²) in [4.78, 5) is 24.8. The molecule has 11 heteroatoms. The van der Waals surface area contributed by atoms with Gasteiger partial charge < -0.3 is 15.3 Å². The summed E-state index contributed by atoms with van der Waals surface area (Å²) < 4.78 is 34.6. The maximum absolute atomic E-state index is 13.0. The molecule has 3 N–H and O–H groups in total. The van der Waals surface area contributed by atoms with E-state index in [1.807, 2.05) is 61.5 Å². The van der Waals surface area contributed by atoms with Crippen LogP contribution in [0.2, 0.25) is 0 Å². The Kier molecular flexibility index (Phi) is 10.00. The van der Waals surface area contributed by atoms with Gasteiger partial charge in [0.1, 0.15) is 18.4 Å². The van der Waals surface area contributed by atoms with Crippen molar-refractivity contribution in [2.45, 2.75) is 49.8 Å². The average Bonchev–Trinajstić information content (AvgIpc) is 3.45. The van der Waals surface area contributed by atoms with Crippen molar-refractivity contribution in [2.24, 2.45) is 0 Å². The van der Waals surface area contributed by atoms with Crippen LogP contribution in [0.3, 0.4) is 0 Å². The number of para-hydroxylation sites is 1. The number of nitrogens with one attached hydrogen (secondary N) is 2. The lowest BCUT2D eigenvalue weighted by atomic mass is 9.89. The fourth-order valence-electron chi connectivity index (χ4n) is 4.39. The van der Waals surface area contributed by atoms with Crippen LogP contribution in [0, 0.1) is 5.41 Å². The normalized spacial score (nSPS) is 12.8. The van der Waals surface area contributed by atoms with Gasteiger partial charge in [-0.25, -0.2) is 8.42 Å².